The summed E-state index contributed by atoms with van der Waals surface area (Å²) < 4.78 is 10.8. The molecule has 7 nitrogen and oxygen atoms in total. The van der Waals surface area contributed by atoms with Gasteiger partial charge in [0.25, 0.3) is 0 Å². The number of nitrogens with two attached hydrogens (primary N) is 1. The van der Waals surface area contributed by atoms with Gasteiger partial charge in [-0.2, -0.15) is 0 Å². The lowest BCUT2D eigenvalue weighted by molar-refractivity contribution is 0.395. The summed E-state index contributed by atoms with van der Waals surface area (Å²) in [7, 11) is 3.05. The van der Waals surface area contributed by atoms with Crippen molar-refractivity contribution in [3.8, 4) is 22.8 Å². The molecule has 9 heteroatoms. The normalized spacial score (nSPS) is 10.8. The number of nitrogen functional groups attached to an aromatic ring is 1. The van der Waals surface area contributed by atoms with Gasteiger partial charge in [0, 0.05) is 29.8 Å². The van der Waals surface area contributed by atoms with E-state index in [4.69, 9.17) is 43.4 Å². The molecule has 0 aliphatic heterocycles. The molecule has 0 saturated carbocycles. The van der Waals surface area contributed by atoms with Crippen molar-refractivity contribution in [3.63, 3.8) is 0 Å². The number of anilines is 2. The molecule has 0 aliphatic carbocycles. The van der Waals surface area contributed by atoms with Gasteiger partial charge < -0.3 is 20.5 Å². The van der Waals surface area contributed by atoms with Gasteiger partial charge in [0.2, 0.25) is 5.95 Å². The molecule has 0 atom stereocenters. The van der Waals surface area contributed by atoms with Gasteiger partial charge >= 0.3 is 0 Å². The Morgan fingerprint density at radius 3 is 2.29 bits per heavy atom. The first-order valence-electron chi connectivity index (χ1n) is 9.33. The largest absolute Gasteiger partial charge is 0.495 e. The van der Waals surface area contributed by atoms with Gasteiger partial charge in [0.15, 0.2) is 5.82 Å². The van der Waals surface area contributed by atoms with Gasteiger partial charge in [-0.1, -0.05) is 53.5 Å². The minimum Gasteiger partial charge on any atom is -0.495 e. The zero-order chi connectivity index (χ0) is 22.0. The summed E-state index contributed by atoms with van der Waals surface area (Å²) in [6.07, 6.45) is 1.63. The minimum absolute atomic E-state index is 0.156. The maximum absolute atomic E-state index is 6.60. The maximum atomic E-state index is 6.60. The number of benzene rings is 2. The lowest BCUT2D eigenvalue weighted by atomic mass is 10.1. The van der Waals surface area contributed by atoms with Crippen molar-refractivity contribution in [2.75, 3.05) is 25.3 Å². The highest BCUT2D eigenvalue weighted by Gasteiger charge is 2.21. The van der Waals surface area contributed by atoms with Crippen LogP contribution in [0.4, 0.5) is 11.8 Å². The Labute approximate surface area is 189 Å². The average Bonchev–Trinajstić information content (AvgIpc) is 2.78. The average molecular weight is 456 g/mol. The number of nitrogens with one attached hydrogen (secondary N) is 1. The van der Waals surface area contributed by atoms with E-state index in [1.54, 1.807) is 18.3 Å². The molecular formula is C22H19Cl2N5O2. The van der Waals surface area contributed by atoms with Crippen LogP contribution < -0.4 is 20.5 Å². The predicted octanol–water partition coefficient (Wildman–Crippen LogP) is 5.21. The highest BCUT2D eigenvalue weighted by atomic mass is 35.5. The molecule has 0 aliphatic rings. The molecule has 4 rings (SSSR count). The monoisotopic (exact) mass is 455 g/mol. The Hall–Kier alpha value is -3.29. The van der Waals surface area contributed by atoms with E-state index in [-0.39, 0.29) is 5.95 Å². The third-order valence-corrected chi connectivity index (χ3v) is 5.47. The quantitative estimate of drug-likeness (QED) is 0.411. The van der Waals surface area contributed by atoms with Crippen LogP contribution in [0.3, 0.4) is 0 Å². The third kappa shape index (κ3) is 4.15. The molecule has 0 saturated heterocycles. The summed E-state index contributed by atoms with van der Waals surface area (Å²) in [6.45, 7) is 0.541. The smallest absolute Gasteiger partial charge is 0.220 e. The number of rotatable bonds is 6. The Kier molecular flexibility index (Phi) is 5.97. The molecule has 2 aromatic heterocycles. The van der Waals surface area contributed by atoms with Gasteiger partial charge in [-0.15, -0.1) is 0 Å². The van der Waals surface area contributed by atoms with Crippen LogP contribution in [0.5, 0.6) is 11.5 Å². The Morgan fingerprint density at radius 1 is 0.968 bits per heavy atom. The van der Waals surface area contributed by atoms with Crippen LogP contribution in [0, 0.1) is 0 Å². The number of nitrogens with zero attached hydrogens (tertiary/aromatic N) is 3. The van der Waals surface area contributed by atoms with Gasteiger partial charge in [0.05, 0.1) is 30.0 Å². The topological polar surface area (TPSA) is 95.2 Å². The lowest BCUT2D eigenvalue weighted by Gasteiger charge is -2.16. The Balaban J connectivity index is 1.89. The number of hydrogen-bond donors (Lipinski definition) is 2. The molecule has 31 heavy (non-hydrogen) atoms. The van der Waals surface area contributed by atoms with E-state index >= 15 is 0 Å². The van der Waals surface area contributed by atoms with Crippen molar-refractivity contribution in [1.29, 1.82) is 0 Å². The molecule has 0 radical (unpaired) electrons. The fraction of sp³-hybridized carbons (Fsp3) is 0.136. The zero-order valence-electron chi connectivity index (χ0n) is 16.8. The summed E-state index contributed by atoms with van der Waals surface area (Å²) in [5, 5.41) is 4.71. The first-order chi connectivity index (χ1) is 15.0. The van der Waals surface area contributed by atoms with Crippen LogP contribution >= 0.6 is 23.2 Å². The van der Waals surface area contributed by atoms with E-state index in [1.807, 2.05) is 30.3 Å². The van der Waals surface area contributed by atoms with Gasteiger partial charge in [-0.05, 0) is 11.6 Å². The first-order valence-corrected chi connectivity index (χ1v) is 10.1. The molecule has 2 aromatic carbocycles. The van der Waals surface area contributed by atoms with Crippen LogP contribution in [0.2, 0.25) is 10.0 Å². The van der Waals surface area contributed by atoms with E-state index < -0.39 is 0 Å². The molecule has 0 unspecified atom stereocenters. The molecule has 0 bridgehead atoms. The second-order valence-electron chi connectivity index (χ2n) is 6.65. The molecule has 0 amide bonds. The highest BCUT2D eigenvalue weighted by Crippen LogP contribution is 2.46. The van der Waals surface area contributed by atoms with E-state index in [2.05, 4.69) is 15.3 Å². The summed E-state index contributed by atoms with van der Waals surface area (Å²) in [6, 6.07) is 13.4. The summed E-state index contributed by atoms with van der Waals surface area (Å²) in [5.41, 5.74) is 8.50. The first kappa shape index (κ1) is 21.0. The minimum atomic E-state index is 0.156. The SMILES string of the molecule is COc1cc(OC)c(Cl)c(-c2cc3cnc(N)nc3c(NCc3ccccc3)n2)c1Cl. The predicted molar refractivity (Wildman–Crippen MR) is 124 cm³/mol. The number of fused-ring (bicyclic) bond motifs is 1. The molecule has 4 aromatic rings. The van der Waals surface area contributed by atoms with Gasteiger partial charge in [0.1, 0.15) is 17.0 Å². The van der Waals surface area contributed by atoms with Gasteiger partial charge in [-0.25, -0.2) is 15.0 Å². The fourth-order valence-electron chi connectivity index (χ4n) is 3.20. The van der Waals surface area contributed by atoms with Crippen molar-refractivity contribution < 1.29 is 9.47 Å². The van der Waals surface area contributed by atoms with Crippen molar-refractivity contribution in [2.24, 2.45) is 0 Å². The molecular weight excluding hydrogens is 437 g/mol. The van der Waals surface area contributed by atoms with Crippen LogP contribution in [0.25, 0.3) is 22.2 Å². The number of halogens is 2. The Bertz CT molecular complexity index is 1220. The highest BCUT2D eigenvalue weighted by molar-refractivity contribution is 6.41. The number of ether oxygens (including phenoxy) is 2. The summed E-state index contributed by atoms with van der Waals surface area (Å²) in [4.78, 5) is 13.2. The number of hydrogen-bond acceptors (Lipinski definition) is 7. The van der Waals surface area contributed by atoms with Crippen LogP contribution in [0.15, 0.2) is 48.7 Å². The second-order valence-corrected chi connectivity index (χ2v) is 7.40. The van der Waals surface area contributed by atoms with Crippen molar-refractivity contribution in [3.05, 3.63) is 64.3 Å². The molecule has 158 valence electrons. The molecule has 0 spiro atoms. The second kappa shape index (κ2) is 8.83. The number of methoxy groups -OCH3 is 2. The number of pyridine rings is 1. The van der Waals surface area contributed by atoms with E-state index in [0.717, 1.165) is 10.9 Å². The third-order valence-electron chi connectivity index (χ3n) is 4.72. The Morgan fingerprint density at radius 2 is 1.65 bits per heavy atom. The van der Waals surface area contributed by atoms with Crippen molar-refractivity contribution in [1.82, 2.24) is 15.0 Å². The fourth-order valence-corrected chi connectivity index (χ4v) is 3.89. The van der Waals surface area contributed by atoms with Crippen LogP contribution in [-0.4, -0.2) is 29.2 Å². The van der Waals surface area contributed by atoms with Crippen LogP contribution in [0.1, 0.15) is 5.56 Å². The van der Waals surface area contributed by atoms with E-state index in [0.29, 0.717) is 50.7 Å². The maximum Gasteiger partial charge on any atom is 0.220 e. The van der Waals surface area contributed by atoms with Crippen LogP contribution in [-0.2, 0) is 6.54 Å². The summed E-state index contributed by atoms with van der Waals surface area (Å²) >= 11 is 13.2. The van der Waals surface area contributed by atoms with Crippen molar-refractivity contribution in [2.45, 2.75) is 6.54 Å². The van der Waals surface area contributed by atoms with E-state index in [9.17, 15) is 0 Å². The van der Waals surface area contributed by atoms with Gasteiger partial charge in [-0.3, -0.25) is 0 Å². The molecule has 2 heterocycles. The molecule has 0 fully saturated rings. The number of aromatic nitrogens is 3. The summed E-state index contributed by atoms with van der Waals surface area (Å²) in [5.74, 6) is 1.53. The lowest BCUT2D eigenvalue weighted by Crippen LogP contribution is -2.05. The molecule has 3 N–H and O–H groups in total. The zero-order valence-corrected chi connectivity index (χ0v) is 18.3. The van der Waals surface area contributed by atoms with E-state index in [1.165, 1.54) is 14.2 Å². The standard InChI is InChI=1S/C22H19Cl2N5O2/c1-30-15-9-16(31-2)19(24)17(18(15)23)14-8-13-11-27-22(25)29-20(13)21(28-14)26-10-12-6-4-3-5-7-12/h3-9,11H,10H2,1-2H3,(H,26,28)(H2,25,27,29). The van der Waals surface area contributed by atoms with Crippen molar-refractivity contribution >= 4 is 45.9 Å².